The molecule has 0 fully saturated rings. The van der Waals surface area contributed by atoms with Crippen molar-refractivity contribution in [1.29, 1.82) is 0 Å². The highest BCUT2D eigenvalue weighted by Gasteiger charge is 2.13. The molecule has 0 saturated carbocycles. The normalized spacial score (nSPS) is 10.6. The Morgan fingerprint density at radius 3 is 2.62 bits per heavy atom. The van der Waals surface area contributed by atoms with E-state index in [2.05, 4.69) is 30.1 Å². The van der Waals surface area contributed by atoms with E-state index < -0.39 is 0 Å². The van der Waals surface area contributed by atoms with Gasteiger partial charge in [-0.3, -0.25) is 0 Å². The predicted molar refractivity (Wildman–Crippen MR) is 62.9 cm³/mol. The molecule has 0 aliphatic carbocycles. The number of benzene rings is 1. The summed E-state index contributed by atoms with van der Waals surface area (Å²) >= 11 is 0. The molecular weight excluding hydrogens is 202 g/mol. The predicted octanol–water partition coefficient (Wildman–Crippen LogP) is 2.44. The van der Waals surface area contributed by atoms with Crippen LogP contribution in [0.3, 0.4) is 0 Å². The zero-order chi connectivity index (χ0) is 11.5. The first-order valence-corrected chi connectivity index (χ1v) is 5.44. The molecule has 0 aliphatic rings. The molecule has 1 aromatic heterocycles. The average Bonchev–Trinajstić information content (AvgIpc) is 2.81. The van der Waals surface area contributed by atoms with Gasteiger partial charge in [-0.1, -0.05) is 19.9 Å². The number of hydrogen-bond acceptors (Lipinski definition) is 4. The van der Waals surface area contributed by atoms with Crippen molar-refractivity contribution in [2.75, 3.05) is 5.73 Å². The van der Waals surface area contributed by atoms with Crippen LogP contribution in [0.15, 0.2) is 22.9 Å². The third-order valence-corrected chi connectivity index (χ3v) is 2.78. The number of rotatable bonds is 3. The summed E-state index contributed by atoms with van der Waals surface area (Å²) in [5, 5.41) is 7.55. The minimum Gasteiger partial charge on any atom is -0.423 e. The number of aryl methyl sites for hydroxylation is 1. The maximum absolute atomic E-state index is 6.13. The fourth-order valence-corrected chi connectivity index (χ4v) is 1.94. The van der Waals surface area contributed by atoms with Crippen molar-refractivity contribution < 1.29 is 4.42 Å². The molecule has 4 nitrogen and oxygen atoms in total. The molecule has 0 aliphatic heterocycles. The SMILES string of the molecule is CCc1ccc(-c2nnco2)c(N)c1CC. The molecule has 0 atom stereocenters. The van der Waals surface area contributed by atoms with Gasteiger partial charge in [0, 0.05) is 5.69 Å². The second kappa shape index (κ2) is 4.35. The number of hydrogen-bond donors (Lipinski definition) is 1. The van der Waals surface area contributed by atoms with Crippen molar-refractivity contribution in [1.82, 2.24) is 10.2 Å². The molecule has 0 bridgehead atoms. The molecule has 0 saturated heterocycles. The van der Waals surface area contributed by atoms with Crippen molar-refractivity contribution in [2.24, 2.45) is 0 Å². The minimum atomic E-state index is 0.481. The highest BCUT2D eigenvalue weighted by atomic mass is 16.4. The number of aromatic nitrogens is 2. The Kier molecular flexibility index (Phi) is 2.90. The van der Waals surface area contributed by atoms with Gasteiger partial charge in [-0.2, -0.15) is 0 Å². The molecule has 16 heavy (non-hydrogen) atoms. The van der Waals surface area contributed by atoms with Crippen LogP contribution in [0, 0.1) is 0 Å². The first-order valence-electron chi connectivity index (χ1n) is 5.44. The van der Waals surface area contributed by atoms with Crippen molar-refractivity contribution >= 4 is 5.69 Å². The molecule has 1 heterocycles. The Balaban J connectivity index is 2.57. The van der Waals surface area contributed by atoms with E-state index in [0.29, 0.717) is 5.89 Å². The monoisotopic (exact) mass is 217 g/mol. The van der Waals surface area contributed by atoms with Crippen molar-refractivity contribution in [3.05, 3.63) is 29.7 Å². The third-order valence-electron chi connectivity index (χ3n) is 2.78. The maximum Gasteiger partial charge on any atom is 0.249 e. The van der Waals surface area contributed by atoms with Gasteiger partial charge in [0.1, 0.15) is 0 Å². The van der Waals surface area contributed by atoms with Gasteiger partial charge < -0.3 is 10.2 Å². The maximum atomic E-state index is 6.13. The molecule has 84 valence electrons. The highest BCUT2D eigenvalue weighted by molar-refractivity contribution is 5.74. The molecule has 1 aromatic carbocycles. The van der Waals surface area contributed by atoms with Crippen LogP contribution in [0.1, 0.15) is 25.0 Å². The second-order valence-corrected chi connectivity index (χ2v) is 3.62. The quantitative estimate of drug-likeness (QED) is 0.802. The van der Waals surface area contributed by atoms with E-state index in [9.17, 15) is 0 Å². The number of nitrogens with two attached hydrogens (primary N) is 1. The van der Waals surface area contributed by atoms with E-state index >= 15 is 0 Å². The van der Waals surface area contributed by atoms with E-state index in [1.807, 2.05) is 6.07 Å². The van der Waals surface area contributed by atoms with Crippen LogP contribution in [0.4, 0.5) is 5.69 Å². The summed E-state index contributed by atoms with van der Waals surface area (Å²) in [6.07, 6.45) is 3.21. The molecule has 0 amide bonds. The van der Waals surface area contributed by atoms with Crippen molar-refractivity contribution in [2.45, 2.75) is 26.7 Å². The zero-order valence-electron chi connectivity index (χ0n) is 9.53. The summed E-state index contributed by atoms with van der Waals surface area (Å²) in [5.41, 5.74) is 10.2. The standard InChI is InChI=1S/C12H15N3O/c1-3-8-5-6-10(11(13)9(8)4-2)12-15-14-7-16-12/h5-7H,3-4,13H2,1-2H3. The number of nitrogen functional groups attached to an aromatic ring is 1. The lowest BCUT2D eigenvalue weighted by molar-refractivity contribution is 0.569. The van der Waals surface area contributed by atoms with E-state index in [-0.39, 0.29) is 0 Å². The van der Waals surface area contributed by atoms with E-state index in [0.717, 1.165) is 24.1 Å². The molecule has 0 unspecified atom stereocenters. The van der Waals surface area contributed by atoms with Gasteiger partial charge in [-0.05, 0) is 30.0 Å². The Labute approximate surface area is 94.5 Å². The Morgan fingerprint density at radius 2 is 2.06 bits per heavy atom. The third kappa shape index (κ3) is 1.66. The molecular formula is C12H15N3O. The van der Waals surface area contributed by atoms with E-state index in [4.69, 9.17) is 10.2 Å². The first-order chi connectivity index (χ1) is 7.77. The van der Waals surface area contributed by atoms with Crippen LogP contribution in [0.2, 0.25) is 0 Å². The van der Waals surface area contributed by atoms with Crippen LogP contribution in [0.25, 0.3) is 11.5 Å². The largest absolute Gasteiger partial charge is 0.423 e. The van der Waals surface area contributed by atoms with Crippen LogP contribution in [-0.2, 0) is 12.8 Å². The van der Waals surface area contributed by atoms with Crippen LogP contribution < -0.4 is 5.73 Å². The Hall–Kier alpha value is -1.84. The van der Waals surface area contributed by atoms with E-state index in [1.54, 1.807) is 0 Å². The van der Waals surface area contributed by atoms with Gasteiger partial charge in [-0.15, -0.1) is 10.2 Å². The lowest BCUT2D eigenvalue weighted by atomic mass is 9.97. The van der Waals surface area contributed by atoms with Crippen molar-refractivity contribution in [3.8, 4) is 11.5 Å². The van der Waals surface area contributed by atoms with Crippen LogP contribution in [-0.4, -0.2) is 10.2 Å². The van der Waals surface area contributed by atoms with Crippen LogP contribution in [0.5, 0.6) is 0 Å². The molecule has 2 aromatic rings. The first kappa shape index (κ1) is 10.7. The summed E-state index contributed by atoms with van der Waals surface area (Å²) in [5.74, 6) is 0.481. The molecule has 2 N–H and O–H groups in total. The lowest BCUT2D eigenvalue weighted by Gasteiger charge is -2.11. The van der Waals surface area contributed by atoms with Gasteiger partial charge in [-0.25, -0.2) is 0 Å². The molecule has 4 heteroatoms. The molecule has 0 radical (unpaired) electrons. The lowest BCUT2D eigenvalue weighted by Crippen LogP contribution is -2.01. The summed E-state index contributed by atoms with van der Waals surface area (Å²) < 4.78 is 5.17. The summed E-state index contributed by atoms with van der Waals surface area (Å²) in [6.45, 7) is 4.22. The summed E-state index contributed by atoms with van der Waals surface area (Å²) in [7, 11) is 0. The van der Waals surface area contributed by atoms with Crippen molar-refractivity contribution in [3.63, 3.8) is 0 Å². The number of anilines is 1. The second-order valence-electron chi connectivity index (χ2n) is 3.62. The minimum absolute atomic E-state index is 0.481. The average molecular weight is 217 g/mol. The topological polar surface area (TPSA) is 64.9 Å². The van der Waals surface area contributed by atoms with Crippen LogP contribution >= 0.6 is 0 Å². The fraction of sp³-hybridized carbons (Fsp3) is 0.333. The zero-order valence-corrected chi connectivity index (χ0v) is 9.53. The Morgan fingerprint density at radius 1 is 1.25 bits per heavy atom. The number of nitrogens with zero attached hydrogens (tertiary/aromatic N) is 2. The van der Waals surface area contributed by atoms with Gasteiger partial charge in [0.2, 0.25) is 12.3 Å². The molecule has 0 spiro atoms. The van der Waals surface area contributed by atoms with E-state index in [1.165, 1.54) is 17.5 Å². The van der Waals surface area contributed by atoms with Gasteiger partial charge in [0.15, 0.2) is 0 Å². The smallest absolute Gasteiger partial charge is 0.249 e. The summed E-state index contributed by atoms with van der Waals surface area (Å²) in [4.78, 5) is 0. The van der Waals surface area contributed by atoms with Gasteiger partial charge in [0.25, 0.3) is 0 Å². The highest BCUT2D eigenvalue weighted by Crippen LogP contribution is 2.30. The Bertz CT molecular complexity index is 477. The van der Waals surface area contributed by atoms with Gasteiger partial charge >= 0.3 is 0 Å². The fourth-order valence-electron chi connectivity index (χ4n) is 1.94. The molecule has 2 rings (SSSR count). The van der Waals surface area contributed by atoms with Gasteiger partial charge in [0.05, 0.1) is 5.56 Å². The summed E-state index contributed by atoms with van der Waals surface area (Å²) in [6, 6.07) is 4.02.